The van der Waals surface area contributed by atoms with Crippen molar-refractivity contribution in [2.45, 2.75) is 23.3 Å². The molecule has 0 spiro atoms. The van der Waals surface area contributed by atoms with Gasteiger partial charge < -0.3 is 14.6 Å². The van der Waals surface area contributed by atoms with Crippen molar-refractivity contribution in [3.63, 3.8) is 0 Å². The Morgan fingerprint density at radius 2 is 1.73 bits per heavy atom. The molecule has 0 radical (unpaired) electrons. The molecule has 0 saturated carbocycles. The zero-order valence-corrected chi connectivity index (χ0v) is 13.7. The van der Waals surface area contributed by atoms with Crippen LogP contribution in [-0.4, -0.2) is 52.4 Å². The highest BCUT2D eigenvalue weighted by atomic mass is 32.2. The van der Waals surface area contributed by atoms with Crippen molar-refractivity contribution < 1.29 is 23.0 Å². The summed E-state index contributed by atoms with van der Waals surface area (Å²) in [6.45, 7) is 9.01. The summed E-state index contributed by atoms with van der Waals surface area (Å²) in [6.07, 6.45) is -1.11. The summed E-state index contributed by atoms with van der Waals surface area (Å²) in [5.74, 6) is -0.895. The van der Waals surface area contributed by atoms with Crippen LogP contribution in [-0.2, 0) is 19.3 Å². The number of hydrogen-bond donors (Lipinski definition) is 1. The largest absolute Gasteiger partial charge is 0.390 e. The Morgan fingerprint density at radius 1 is 1.18 bits per heavy atom. The van der Waals surface area contributed by atoms with Gasteiger partial charge in [0.1, 0.15) is 5.92 Å². The van der Waals surface area contributed by atoms with E-state index in [4.69, 9.17) is 16.0 Å². The van der Waals surface area contributed by atoms with Crippen LogP contribution in [0.1, 0.15) is 5.56 Å². The fourth-order valence-electron chi connectivity index (χ4n) is 2.13. The maximum atomic E-state index is 12.7. The lowest BCUT2D eigenvalue weighted by Crippen LogP contribution is -2.40. The van der Waals surface area contributed by atoms with E-state index in [9.17, 15) is 13.5 Å². The van der Waals surface area contributed by atoms with Gasteiger partial charge in [0, 0.05) is 14.2 Å². The molecule has 0 saturated heterocycles. The molecule has 22 heavy (non-hydrogen) atoms. The van der Waals surface area contributed by atoms with Gasteiger partial charge in [-0.15, -0.1) is 0 Å². The Balaban J connectivity index is 3.20. The second kappa shape index (κ2) is 8.25. The molecule has 1 N–H and O–H groups in total. The number of methoxy groups -OCH3 is 2. The molecule has 0 heterocycles. The summed E-state index contributed by atoms with van der Waals surface area (Å²) < 4.78 is 35.2. The maximum absolute atomic E-state index is 12.7. The fourth-order valence-corrected chi connectivity index (χ4v) is 3.79. The smallest absolute Gasteiger partial charge is 0.332 e. The number of benzene rings is 1. The molecule has 122 valence electrons. The van der Waals surface area contributed by atoms with Gasteiger partial charge in [-0.3, -0.25) is 4.85 Å². The molecule has 0 aliphatic rings. The number of nitrogens with zero attached hydrogens (tertiary/aromatic N) is 1. The first-order valence-corrected chi connectivity index (χ1v) is 8.26. The van der Waals surface area contributed by atoms with Crippen LogP contribution in [0.3, 0.4) is 0 Å². The number of hydrogen-bond acceptors (Lipinski definition) is 5. The van der Waals surface area contributed by atoms with Gasteiger partial charge in [0.05, 0.1) is 24.2 Å². The third kappa shape index (κ3) is 4.27. The first-order chi connectivity index (χ1) is 10.4. The van der Waals surface area contributed by atoms with E-state index in [1.807, 2.05) is 6.92 Å². The predicted molar refractivity (Wildman–Crippen MR) is 82.0 cm³/mol. The van der Waals surface area contributed by atoms with Crippen LogP contribution in [0.4, 0.5) is 0 Å². The lowest BCUT2D eigenvalue weighted by atomic mass is 10.0. The van der Waals surface area contributed by atoms with Gasteiger partial charge >= 0.3 is 5.37 Å². The van der Waals surface area contributed by atoms with E-state index in [1.165, 1.54) is 26.4 Å². The van der Waals surface area contributed by atoms with Crippen LogP contribution in [0.25, 0.3) is 4.85 Å². The highest BCUT2D eigenvalue weighted by molar-refractivity contribution is 7.92. The van der Waals surface area contributed by atoms with Gasteiger partial charge in [-0.1, -0.05) is 17.7 Å². The van der Waals surface area contributed by atoms with Crippen molar-refractivity contribution in [2.75, 3.05) is 27.4 Å². The van der Waals surface area contributed by atoms with Gasteiger partial charge in [-0.2, -0.15) is 0 Å². The number of sulfone groups is 1. The minimum atomic E-state index is -3.90. The van der Waals surface area contributed by atoms with E-state index in [0.29, 0.717) is 0 Å². The molecule has 6 nitrogen and oxygen atoms in total. The van der Waals surface area contributed by atoms with E-state index < -0.39 is 27.2 Å². The number of aryl methyl sites for hydroxylation is 1. The Kier molecular flexibility index (Phi) is 6.97. The van der Waals surface area contributed by atoms with Crippen LogP contribution in [0.2, 0.25) is 0 Å². The highest BCUT2D eigenvalue weighted by Gasteiger charge is 2.44. The van der Waals surface area contributed by atoms with Crippen molar-refractivity contribution in [2.24, 2.45) is 5.92 Å². The van der Waals surface area contributed by atoms with Crippen molar-refractivity contribution in [1.29, 1.82) is 0 Å². The lowest BCUT2D eigenvalue weighted by Gasteiger charge is -2.22. The molecule has 7 heteroatoms. The molecule has 1 unspecified atom stereocenters. The van der Waals surface area contributed by atoms with Gasteiger partial charge in [-0.25, -0.2) is 15.0 Å². The summed E-state index contributed by atoms with van der Waals surface area (Å²) in [4.78, 5) is 3.31. The highest BCUT2D eigenvalue weighted by Crippen LogP contribution is 2.26. The Morgan fingerprint density at radius 3 is 2.18 bits per heavy atom. The average Bonchev–Trinajstić information content (AvgIpc) is 2.47. The SMILES string of the molecule is [C-]#[N+]C([C@@H](COC)[C@H](O)COC)S(=O)(=O)c1ccc(C)cc1. The van der Waals surface area contributed by atoms with Crippen LogP contribution in [0.5, 0.6) is 0 Å². The van der Waals surface area contributed by atoms with E-state index >= 15 is 0 Å². The molecule has 0 fully saturated rings. The molecule has 1 rings (SSSR count). The molecular formula is C15H21NO5S. The van der Waals surface area contributed by atoms with Crippen LogP contribution in [0, 0.1) is 19.4 Å². The second-order valence-corrected chi connectivity index (χ2v) is 7.06. The number of rotatable bonds is 8. The van der Waals surface area contributed by atoms with E-state index in [-0.39, 0.29) is 18.1 Å². The molecule has 0 aliphatic carbocycles. The Labute approximate surface area is 131 Å². The van der Waals surface area contributed by atoms with Crippen LogP contribution < -0.4 is 0 Å². The fraction of sp³-hybridized carbons (Fsp3) is 0.533. The molecule has 0 bridgehead atoms. The van der Waals surface area contributed by atoms with Gasteiger partial charge in [0.25, 0.3) is 9.84 Å². The first-order valence-electron chi connectivity index (χ1n) is 6.71. The van der Waals surface area contributed by atoms with Gasteiger partial charge in [0.15, 0.2) is 0 Å². The van der Waals surface area contributed by atoms with E-state index in [1.54, 1.807) is 12.1 Å². The van der Waals surface area contributed by atoms with E-state index in [0.717, 1.165) is 5.56 Å². The molecule has 3 atom stereocenters. The molecule has 1 aromatic carbocycles. The number of aliphatic hydroxyl groups is 1. The first kappa shape index (κ1) is 18.6. The predicted octanol–water partition coefficient (Wildman–Crippen LogP) is 1.28. The maximum Gasteiger partial charge on any atom is 0.332 e. The molecule has 0 aliphatic heterocycles. The van der Waals surface area contributed by atoms with Crippen molar-refractivity contribution in [1.82, 2.24) is 0 Å². The third-order valence-electron chi connectivity index (χ3n) is 3.35. The molecule has 0 amide bonds. The van der Waals surface area contributed by atoms with E-state index in [2.05, 4.69) is 4.85 Å². The number of aliphatic hydroxyl groups excluding tert-OH is 1. The zero-order chi connectivity index (χ0) is 16.8. The van der Waals surface area contributed by atoms with Crippen molar-refractivity contribution in [3.05, 3.63) is 41.2 Å². The molecular weight excluding hydrogens is 306 g/mol. The van der Waals surface area contributed by atoms with Crippen LogP contribution >= 0.6 is 0 Å². The number of ether oxygens (including phenoxy) is 2. The van der Waals surface area contributed by atoms with Crippen molar-refractivity contribution in [3.8, 4) is 0 Å². The molecule has 1 aromatic rings. The summed E-state index contributed by atoms with van der Waals surface area (Å²) in [5, 5.41) is 8.65. The minimum Gasteiger partial charge on any atom is -0.390 e. The van der Waals surface area contributed by atoms with Crippen LogP contribution in [0.15, 0.2) is 29.2 Å². The summed E-state index contributed by atoms with van der Waals surface area (Å²) in [7, 11) is -1.11. The van der Waals surface area contributed by atoms with Gasteiger partial charge in [0.2, 0.25) is 0 Å². The monoisotopic (exact) mass is 327 g/mol. The summed E-state index contributed by atoms with van der Waals surface area (Å²) >= 11 is 0. The topological polar surface area (TPSA) is 77.2 Å². The summed E-state index contributed by atoms with van der Waals surface area (Å²) in [6, 6.07) is 6.28. The normalized spacial score (nSPS) is 15.8. The minimum absolute atomic E-state index is 0.0529. The van der Waals surface area contributed by atoms with Gasteiger partial charge in [-0.05, 0) is 19.1 Å². The standard InChI is InChI=1S/C15H21NO5S/c1-11-5-7-12(8-6-11)22(18,19)15(16-2)13(9-20-3)14(17)10-21-4/h5-8,13-15,17H,9-10H2,1,3-4H3/t13-,14+,15?/m0/s1. The quantitative estimate of drug-likeness (QED) is 0.728. The molecule has 0 aromatic heterocycles. The third-order valence-corrected chi connectivity index (χ3v) is 5.37. The second-order valence-electron chi connectivity index (χ2n) is 5.02. The Bertz CT molecular complexity index is 606. The summed E-state index contributed by atoms with van der Waals surface area (Å²) in [5.41, 5.74) is 0.922. The Hall–Kier alpha value is -1.46. The zero-order valence-electron chi connectivity index (χ0n) is 12.9. The van der Waals surface area contributed by atoms with Crippen molar-refractivity contribution >= 4 is 9.84 Å². The average molecular weight is 327 g/mol. The lowest BCUT2D eigenvalue weighted by molar-refractivity contribution is -0.000796.